The molecule has 4 heteroatoms. The molecule has 0 saturated heterocycles. The average molecular weight is 279 g/mol. The maximum absolute atomic E-state index is 6.20. The van der Waals surface area contributed by atoms with Crippen molar-refractivity contribution in [3.05, 3.63) is 18.2 Å². The van der Waals surface area contributed by atoms with E-state index in [-0.39, 0.29) is 5.60 Å². The summed E-state index contributed by atoms with van der Waals surface area (Å²) in [5.41, 5.74) is 5.92. The molecule has 4 nitrogen and oxygen atoms in total. The second-order valence-electron chi connectivity index (χ2n) is 6.48. The molecule has 20 heavy (non-hydrogen) atoms. The molecule has 2 rings (SSSR count). The van der Waals surface area contributed by atoms with E-state index in [4.69, 9.17) is 10.5 Å². The van der Waals surface area contributed by atoms with E-state index >= 15 is 0 Å². The third kappa shape index (κ3) is 3.61. The number of nitrogens with two attached hydrogens (primary N) is 1. The van der Waals surface area contributed by atoms with Gasteiger partial charge in [-0.3, -0.25) is 0 Å². The molecule has 1 aromatic rings. The molecule has 0 aliphatic heterocycles. The highest BCUT2D eigenvalue weighted by atomic mass is 16.5. The summed E-state index contributed by atoms with van der Waals surface area (Å²) in [4.78, 5) is 4.23. The first-order valence-corrected chi connectivity index (χ1v) is 7.88. The van der Waals surface area contributed by atoms with Crippen LogP contribution in [0.25, 0.3) is 0 Å². The van der Waals surface area contributed by atoms with Crippen LogP contribution in [0.5, 0.6) is 0 Å². The van der Waals surface area contributed by atoms with Crippen molar-refractivity contribution in [3.8, 4) is 0 Å². The number of hydrogen-bond acceptors (Lipinski definition) is 3. The third-order valence-electron chi connectivity index (χ3n) is 4.92. The van der Waals surface area contributed by atoms with Crippen molar-refractivity contribution in [1.29, 1.82) is 0 Å². The number of ether oxygens (including phenoxy) is 1. The fourth-order valence-corrected chi connectivity index (χ4v) is 3.24. The second-order valence-corrected chi connectivity index (χ2v) is 6.48. The van der Waals surface area contributed by atoms with Gasteiger partial charge in [-0.2, -0.15) is 0 Å². The number of hydrogen-bond donors (Lipinski definition) is 1. The molecule has 0 aromatic carbocycles. The standard InChI is InChI=1S/C16H29N3O/c1-13(2)15-4-6-16(12-17,7-5-15)20-11-10-19-9-8-18-14(19)3/h8-9,13,15H,4-7,10-12,17H2,1-3H3. The highest BCUT2D eigenvalue weighted by Crippen LogP contribution is 2.37. The number of nitrogens with zero attached hydrogens (tertiary/aromatic N) is 2. The van der Waals surface area contributed by atoms with Gasteiger partial charge in [0.1, 0.15) is 5.82 Å². The third-order valence-corrected chi connectivity index (χ3v) is 4.92. The number of imidazole rings is 1. The number of aryl methyl sites for hydroxylation is 1. The van der Waals surface area contributed by atoms with Gasteiger partial charge < -0.3 is 15.0 Å². The molecule has 1 fully saturated rings. The van der Waals surface area contributed by atoms with E-state index in [2.05, 4.69) is 23.4 Å². The van der Waals surface area contributed by atoms with E-state index in [1.54, 1.807) is 0 Å². The van der Waals surface area contributed by atoms with Crippen molar-refractivity contribution in [2.24, 2.45) is 17.6 Å². The van der Waals surface area contributed by atoms with Crippen LogP contribution in [0.2, 0.25) is 0 Å². The quantitative estimate of drug-likeness (QED) is 0.871. The van der Waals surface area contributed by atoms with Gasteiger partial charge in [-0.25, -0.2) is 4.98 Å². The van der Waals surface area contributed by atoms with Crippen LogP contribution in [0.4, 0.5) is 0 Å². The normalized spacial score (nSPS) is 27.1. The van der Waals surface area contributed by atoms with Crippen LogP contribution in [-0.4, -0.2) is 28.3 Å². The van der Waals surface area contributed by atoms with E-state index in [1.165, 1.54) is 12.8 Å². The largest absolute Gasteiger partial charge is 0.372 e. The first-order chi connectivity index (χ1) is 9.56. The van der Waals surface area contributed by atoms with Crippen molar-refractivity contribution in [2.75, 3.05) is 13.2 Å². The number of rotatable bonds is 6. The van der Waals surface area contributed by atoms with Crippen LogP contribution in [-0.2, 0) is 11.3 Å². The molecule has 0 amide bonds. The summed E-state index contributed by atoms with van der Waals surface area (Å²) in [5, 5.41) is 0. The first kappa shape index (κ1) is 15.5. The van der Waals surface area contributed by atoms with E-state index in [0.29, 0.717) is 6.54 Å². The maximum Gasteiger partial charge on any atom is 0.105 e. The fourth-order valence-electron chi connectivity index (χ4n) is 3.24. The van der Waals surface area contributed by atoms with E-state index in [0.717, 1.165) is 43.7 Å². The fraction of sp³-hybridized carbons (Fsp3) is 0.812. The van der Waals surface area contributed by atoms with E-state index in [9.17, 15) is 0 Å². The summed E-state index contributed by atoms with van der Waals surface area (Å²) in [6, 6.07) is 0. The minimum atomic E-state index is -0.0835. The Hall–Kier alpha value is -0.870. The van der Waals surface area contributed by atoms with Crippen molar-refractivity contribution < 1.29 is 4.74 Å². The topological polar surface area (TPSA) is 53.1 Å². The molecular formula is C16H29N3O. The molecule has 1 heterocycles. The van der Waals surface area contributed by atoms with Gasteiger partial charge in [0.05, 0.1) is 12.2 Å². The summed E-state index contributed by atoms with van der Waals surface area (Å²) < 4.78 is 8.33. The molecule has 114 valence electrons. The Morgan fingerprint density at radius 2 is 2.15 bits per heavy atom. The molecule has 1 saturated carbocycles. The van der Waals surface area contributed by atoms with Crippen LogP contribution < -0.4 is 5.73 Å². The molecule has 1 aliphatic rings. The lowest BCUT2D eigenvalue weighted by Gasteiger charge is -2.40. The van der Waals surface area contributed by atoms with Gasteiger partial charge in [-0.05, 0) is 44.4 Å². The summed E-state index contributed by atoms with van der Waals surface area (Å²) in [5.74, 6) is 2.66. The molecule has 1 aromatic heterocycles. The Morgan fingerprint density at radius 3 is 2.65 bits per heavy atom. The zero-order valence-electron chi connectivity index (χ0n) is 13.1. The van der Waals surface area contributed by atoms with Gasteiger partial charge in [0, 0.05) is 25.5 Å². The first-order valence-electron chi connectivity index (χ1n) is 7.88. The molecule has 0 bridgehead atoms. The minimum absolute atomic E-state index is 0.0835. The minimum Gasteiger partial charge on any atom is -0.372 e. The van der Waals surface area contributed by atoms with Crippen LogP contribution in [0.15, 0.2) is 12.4 Å². The van der Waals surface area contributed by atoms with Crippen molar-refractivity contribution in [3.63, 3.8) is 0 Å². The predicted octanol–water partition coefficient (Wildman–Crippen LogP) is 2.75. The van der Waals surface area contributed by atoms with Crippen LogP contribution >= 0.6 is 0 Å². The van der Waals surface area contributed by atoms with Crippen molar-refractivity contribution >= 4 is 0 Å². The lowest BCUT2D eigenvalue weighted by molar-refractivity contribution is -0.0770. The van der Waals surface area contributed by atoms with Crippen molar-refractivity contribution in [2.45, 2.75) is 58.6 Å². The molecular weight excluding hydrogens is 250 g/mol. The lowest BCUT2D eigenvalue weighted by Crippen LogP contribution is -2.45. The zero-order valence-corrected chi connectivity index (χ0v) is 13.1. The number of aromatic nitrogens is 2. The maximum atomic E-state index is 6.20. The van der Waals surface area contributed by atoms with Crippen LogP contribution in [0.3, 0.4) is 0 Å². The molecule has 0 radical (unpaired) electrons. The van der Waals surface area contributed by atoms with Gasteiger partial charge in [0.15, 0.2) is 0 Å². The second kappa shape index (κ2) is 6.72. The van der Waals surface area contributed by atoms with E-state index < -0.39 is 0 Å². The SMILES string of the molecule is Cc1nccn1CCOC1(CN)CCC(C(C)C)CC1. The van der Waals surface area contributed by atoms with Gasteiger partial charge in [0.25, 0.3) is 0 Å². The van der Waals surface area contributed by atoms with Gasteiger partial charge in [0.2, 0.25) is 0 Å². The summed E-state index contributed by atoms with van der Waals surface area (Å²) >= 11 is 0. The smallest absolute Gasteiger partial charge is 0.105 e. The Morgan fingerprint density at radius 1 is 1.45 bits per heavy atom. The zero-order chi connectivity index (χ0) is 14.6. The Balaban J connectivity index is 1.82. The highest BCUT2D eigenvalue weighted by Gasteiger charge is 2.35. The Bertz CT molecular complexity index is 406. The van der Waals surface area contributed by atoms with Gasteiger partial charge >= 0.3 is 0 Å². The Labute approximate surface area is 122 Å². The van der Waals surface area contributed by atoms with Gasteiger partial charge in [-0.1, -0.05) is 13.8 Å². The van der Waals surface area contributed by atoms with Crippen molar-refractivity contribution in [1.82, 2.24) is 9.55 Å². The van der Waals surface area contributed by atoms with Crippen LogP contribution in [0.1, 0.15) is 45.4 Å². The van der Waals surface area contributed by atoms with Crippen LogP contribution in [0, 0.1) is 18.8 Å². The highest BCUT2D eigenvalue weighted by molar-refractivity contribution is 4.90. The van der Waals surface area contributed by atoms with Gasteiger partial charge in [-0.15, -0.1) is 0 Å². The Kier molecular flexibility index (Phi) is 5.22. The lowest BCUT2D eigenvalue weighted by atomic mass is 9.74. The summed E-state index contributed by atoms with van der Waals surface area (Å²) in [7, 11) is 0. The molecule has 0 spiro atoms. The summed E-state index contributed by atoms with van der Waals surface area (Å²) in [6.45, 7) is 8.89. The molecule has 2 N–H and O–H groups in total. The molecule has 0 unspecified atom stereocenters. The van der Waals surface area contributed by atoms with E-state index in [1.807, 2.05) is 19.3 Å². The monoisotopic (exact) mass is 279 g/mol. The molecule has 1 aliphatic carbocycles. The molecule has 0 atom stereocenters. The average Bonchev–Trinajstić information content (AvgIpc) is 2.85. The summed E-state index contributed by atoms with van der Waals surface area (Å²) in [6.07, 6.45) is 8.55. The predicted molar refractivity (Wildman–Crippen MR) is 81.5 cm³/mol.